The third-order valence-electron chi connectivity index (χ3n) is 2.86. The Morgan fingerprint density at radius 3 is 3.06 bits per heavy atom. The zero-order valence-corrected chi connectivity index (χ0v) is 10.1. The summed E-state index contributed by atoms with van der Waals surface area (Å²) in [6.45, 7) is 6.25. The van der Waals surface area contributed by atoms with E-state index in [1.54, 1.807) is 0 Å². The van der Waals surface area contributed by atoms with Crippen LogP contribution in [-0.4, -0.2) is 34.3 Å². The molecule has 0 bridgehead atoms. The average molecular weight is 223 g/mol. The molecule has 1 aromatic rings. The molecule has 0 radical (unpaired) electrons. The fraction of sp³-hybridized carbons (Fsp3) is 0.818. The van der Waals surface area contributed by atoms with Crippen molar-refractivity contribution in [3.05, 3.63) is 5.82 Å². The second kappa shape index (κ2) is 4.82. The molecule has 2 rings (SSSR count). The van der Waals surface area contributed by atoms with Crippen molar-refractivity contribution in [2.75, 3.05) is 18.0 Å². The number of H-pyrrole nitrogens is 1. The monoisotopic (exact) mass is 223 g/mol. The van der Waals surface area contributed by atoms with Crippen molar-refractivity contribution in [3.8, 4) is 0 Å². The zero-order chi connectivity index (χ0) is 11.5. The van der Waals surface area contributed by atoms with E-state index in [-0.39, 0.29) is 6.04 Å². The van der Waals surface area contributed by atoms with E-state index < -0.39 is 0 Å². The summed E-state index contributed by atoms with van der Waals surface area (Å²) in [5, 5.41) is 7.27. The quantitative estimate of drug-likeness (QED) is 0.799. The largest absolute Gasteiger partial charge is 0.338 e. The first-order chi connectivity index (χ1) is 7.65. The van der Waals surface area contributed by atoms with Crippen molar-refractivity contribution in [2.45, 2.75) is 39.2 Å². The number of anilines is 1. The van der Waals surface area contributed by atoms with Crippen LogP contribution < -0.4 is 10.6 Å². The summed E-state index contributed by atoms with van der Waals surface area (Å²) < 4.78 is 0. The Kier molecular flexibility index (Phi) is 3.43. The smallest absolute Gasteiger partial charge is 0.244 e. The summed E-state index contributed by atoms with van der Waals surface area (Å²) in [6.07, 6.45) is 3.20. The molecule has 0 spiro atoms. The van der Waals surface area contributed by atoms with E-state index in [1.807, 2.05) is 0 Å². The van der Waals surface area contributed by atoms with E-state index in [2.05, 4.69) is 33.9 Å². The van der Waals surface area contributed by atoms with Crippen molar-refractivity contribution in [1.82, 2.24) is 15.2 Å². The minimum absolute atomic E-state index is 0.265. The van der Waals surface area contributed by atoms with Crippen LogP contribution in [0.2, 0.25) is 0 Å². The van der Waals surface area contributed by atoms with Gasteiger partial charge in [0.2, 0.25) is 5.95 Å². The first-order valence-electron chi connectivity index (χ1n) is 6.07. The number of hydrogen-bond donors (Lipinski definition) is 2. The zero-order valence-electron chi connectivity index (χ0n) is 10.1. The van der Waals surface area contributed by atoms with Gasteiger partial charge in [-0.05, 0) is 18.8 Å². The number of nitrogens with two attached hydrogens (primary N) is 1. The maximum Gasteiger partial charge on any atom is 0.244 e. The van der Waals surface area contributed by atoms with Gasteiger partial charge >= 0.3 is 0 Å². The molecule has 0 amide bonds. The molecule has 1 saturated heterocycles. The molecular weight excluding hydrogens is 202 g/mol. The fourth-order valence-corrected chi connectivity index (χ4v) is 2.10. The van der Waals surface area contributed by atoms with Gasteiger partial charge < -0.3 is 10.6 Å². The predicted octanol–water partition coefficient (Wildman–Crippen LogP) is 0.931. The molecule has 1 aromatic heterocycles. The van der Waals surface area contributed by atoms with E-state index in [0.717, 1.165) is 44.1 Å². The van der Waals surface area contributed by atoms with Crippen LogP contribution in [0.3, 0.4) is 0 Å². The van der Waals surface area contributed by atoms with Gasteiger partial charge in [0.05, 0.1) is 0 Å². The van der Waals surface area contributed by atoms with Gasteiger partial charge in [0, 0.05) is 25.6 Å². The molecule has 0 saturated carbocycles. The lowest BCUT2D eigenvalue weighted by molar-refractivity contribution is 0.500. The molecule has 90 valence electrons. The molecule has 3 N–H and O–H groups in total. The molecule has 1 aliphatic heterocycles. The van der Waals surface area contributed by atoms with Crippen LogP contribution in [0.1, 0.15) is 32.5 Å². The van der Waals surface area contributed by atoms with Crippen LogP contribution in [0.15, 0.2) is 0 Å². The number of nitrogens with zero attached hydrogens (tertiary/aromatic N) is 3. The lowest BCUT2D eigenvalue weighted by Gasteiger charge is -2.29. The van der Waals surface area contributed by atoms with Crippen molar-refractivity contribution < 1.29 is 0 Å². The summed E-state index contributed by atoms with van der Waals surface area (Å²) in [6, 6.07) is 0.265. The molecule has 1 fully saturated rings. The van der Waals surface area contributed by atoms with Gasteiger partial charge in [-0.1, -0.05) is 13.8 Å². The van der Waals surface area contributed by atoms with Gasteiger partial charge in [-0.3, -0.25) is 5.10 Å². The Morgan fingerprint density at radius 2 is 2.38 bits per heavy atom. The van der Waals surface area contributed by atoms with E-state index in [1.165, 1.54) is 0 Å². The minimum atomic E-state index is 0.265. The van der Waals surface area contributed by atoms with E-state index in [9.17, 15) is 0 Å². The van der Waals surface area contributed by atoms with Crippen molar-refractivity contribution in [3.63, 3.8) is 0 Å². The maximum atomic E-state index is 5.94. The van der Waals surface area contributed by atoms with Crippen molar-refractivity contribution in [1.29, 1.82) is 0 Å². The summed E-state index contributed by atoms with van der Waals surface area (Å²) in [7, 11) is 0. The lowest BCUT2D eigenvalue weighted by Crippen LogP contribution is -2.43. The summed E-state index contributed by atoms with van der Waals surface area (Å²) in [5.41, 5.74) is 5.94. The van der Waals surface area contributed by atoms with Crippen LogP contribution in [0.4, 0.5) is 5.95 Å². The fourth-order valence-electron chi connectivity index (χ4n) is 2.10. The minimum Gasteiger partial charge on any atom is -0.338 e. The number of aromatic nitrogens is 3. The first kappa shape index (κ1) is 11.4. The number of aromatic amines is 1. The number of nitrogens with one attached hydrogen (secondary N) is 1. The lowest BCUT2D eigenvalue weighted by atomic mass is 10.1. The second-order valence-electron chi connectivity index (χ2n) is 5.03. The highest BCUT2D eigenvalue weighted by atomic mass is 15.4. The van der Waals surface area contributed by atoms with Crippen LogP contribution in [-0.2, 0) is 6.42 Å². The Bertz CT molecular complexity index is 333. The number of rotatable bonds is 3. The van der Waals surface area contributed by atoms with Gasteiger partial charge in [0.25, 0.3) is 0 Å². The van der Waals surface area contributed by atoms with E-state index in [0.29, 0.717) is 5.92 Å². The number of hydrogen-bond acceptors (Lipinski definition) is 4. The molecule has 1 aliphatic rings. The topological polar surface area (TPSA) is 70.8 Å². The third kappa shape index (κ3) is 2.72. The van der Waals surface area contributed by atoms with Gasteiger partial charge in [0.15, 0.2) is 0 Å². The van der Waals surface area contributed by atoms with Crippen molar-refractivity contribution >= 4 is 5.95 Å². The molecule has 1 unspecified atom stereocenters. The maximum absolute atomic E-state index is 5.94. The molecule has 5 nitrogen and oxygen atoms in total. The Morgan fingerprint density at radius 1 is 1.56 bits per heavy atom. The SMILES string of the molecule is CC(C)Cc1nc(N2CCCC(N)C2)n[nH]1. The summed E-state index contributed by atoms with van der Waals surface area (Å²) in [5.74, 6) is 2.39. The molecule has 5 heteroatoms. The summed E-state index contributed by atoms with van der Waals surface area (Å²) in [4.78, 5) is 6.69. The number of piperidine rings is 1. The van der Waals surface area contributed by atoms with Gasteiger partial charge in [0.1, 0.15) is 5.82 Å². The highest BCUT2D eigenvalue weighted by Gasteiger charge is 2.20. The standard InChI is InChI=1S/C11H21N5/c1-8(2)6-10-13-11(15-14-10)16-5-3-4-9(12)7-16/h8-9H,3-7,12H2,1-2H3,(H,13,14,15). The molecule has 0 aromatic carbocycles. The van der Waals surface area contributed by atoms with Crippen molar-refractivity contribution in [2.24, 2.45) is 11.7 Å². The highest BCUT2D eigenvalue weighted by Crippen LogP contribution is 2.15. The molecule has 1 atom stereocenters. The molecular formula is C11H21N5. The van der Waals surface area contributed by atoms with E-state index >= 15 is 0 Å². The van der Waals surface area contributed by atoms with Gasteiger partial charge in [-0.25, -0.2) is 0 Å². The molecule has 16 heavy (non-hydrogen) atoms. The Balaban J connectivity index is 2.00. The van der Waals surface area contributed by atoms with Crippen LogP contribution in [0.25, 0.3) is 0 Å². The molecule has 0 aliphatic carbocycles. The van der Waals surface area contributed by atoms with Crippen LogP contribution in [0, 0.1) is 5.92 Å². The normalized spacial score (nSPS) is 21.8. The van der Waals surface area contributed by atoms with Gasteiger partial charge in [-0.15, -0.1) is 5.10 Å². The third-order valence-corrected chi connectivity index (χ3v) is 2.86. The summed E-state index contributed by atoms with van der Waals surface area (Å²) >= 11 is 0. The highest BCUT2D eigenvalue weighted by molar-refractivity contribution is 5.29. The Hall–Kier alpha value is -1.10. The van der Waals surface area contributed by atoms with Crippen LogP contribution >= 0.6 is 0 Å². The van der Waals surface area contributed by atoms with Crippen LogP contribution in [0.5, 0.6) is 0 Å². The Labute approximate surface area is 96.4 Å². The van der Waals surface area contributed by atoms with E-state index in [4.69, 9.17) is 5.73 Å². The predicted molar refractivity (Wildman–Crippen MR) is 64.3 cm³/mol. The second-order valence-corrected chi connectivity index (χ2v) is 5.03. The first-order valence-corrected chi connectivity index (χ1v) is 6.07. The average Bonchev–Trinajstić information content (AvgIpc) is 2.65. The molecule has 2 heterocycles. The van der Waals surface area contributed by atoms with Gasteiger partial charge in [-0.2, -0.15) is 4.98 Å².